The Labute approximate surface area is 155 Å². The maximum Gasteiger partial charge on any atom is 0.243 e. The molecule has 0 aliphatic heterocycles. The molecule has 1 saturated carbocycles. The molecule has 1 amide bonds. The van der Waals surface area contributed by atoms with Crippen LogP contribution in [-0.4, -0.2) is 11.6 Å². The predicted octanol–water partition coefficient (Wildman–Crippen LogP) is 4.89. The van der Waals surface area contributed by atoms with Crippen LogP contribution in [0.2, 0.25) is 0 Å². The first kappa shape index (κ1) is 18.2. The number of rotatable bonds is 5. The topological polar surface area (TPSA) is 54.6 Å². The highest BCUT2D eigenvalue weighted by atomic mass is 16.3. The molecule has 1 fully saturated rings. The fourth-order valence-electron chi connectivity index (χ4n) is 2.94. The second-order valence-corrected chi connectivity index (χ2v) is 7.90. The highest BCUT2D eigenvalue weighted by molar-refractivity contribution is 5.97. The van der Waals surface area contributed by atoms with Gasteiger partial charge in [0.1, 0.15) is 5.76 Å². The van der Waals surface area contributed by atoms with E-state index >= 15 is 0 Å². The Morgan fingerprint density at radius 1 is 1.23 bits per heavy atom. The minimum atomic E-state index is -0.0133. The van der Waals surface area contributed by atoms with Gasteiger partial charge in [-0.3, -0.25) is 4.79 Å². The van der Waals surface area contributed by atoms with Gasteiger partial charge in [0.2, 0.25) is 5.91 Å². The van der Waals surface area contributed by atoms with Crippen molar-refractivity contribution in [2.45, 2.75) is 45.4 Å². The fraction of sp³-hybridized carbons (Fsp3) is 0.364. The zero-order chi connectivity index (χ0) is 18.7. The van der Waals surface area contributed by atoms with Crippen LogP contribution in [-0.2, 0) is 10.2 Å². The summed E-state index contributed by atoms with van der Waals surface area (Å²) in [7, 11) is 0. The molecule has 1 aromatic carbocycles. The molecule has 4 nitrogen and oxygen atoms in total. The van der Waals surface area contributed by atoms with Gasteiger partial charge in [-0.2, -0.15) is 5.10 Å². The van der Waals surface area contributed by atoms with E-state index in [9.17, 15) is 4.79 Å². The van der Waals surface area contributed by atoms with Gasteiger partial charge in [-0.25, -0.2) is 5.43 Å². The van der Waals surface area contributed by atoms with E-state index in [-0.39, 0.29) is 17.2 Å². The van der Waals surface area contributed by atoms with Crippen LogP contribution in [0.3, 0.4) is 0 Å². The molecule has 4 heteroatoms. The second-order valence-electron chi connectivity index (χ2n) is 7.90. The molecule has 2 aromatic rings. The summed E-state index contributed by atoms with van der Waals surface area (Å²) in [4.78, 5) is 12.3. The number of furan rings is 1. The number of allylic oxidation sites excluding steroid dienone is 1. The number of hydrogen-bond donors (Lipinski definition) is 1. The van der Waals surface area contributed by atoms with E-state index in [1.54, 1.807) is 6.26 Å². The lowest BCUT2D eigenvalue weighted by Gasteiger charge is -2.19. The first-order valence-electron chi connectivity index (χ1n) is 9.01. The molecule has 1 N–H and O–H groups in total. The summed E-state index contributed by atoms with van der Waals surface area (Å²) in [5, 5.41) is 4.15. The van der Waals surface area contributed by atoms with Gasteiger partial charge in [0, 0.05) is 5.92 Å². The molecule has 1 aromatic heterocycles. The van der Waals surface area contributed by atoms with Gasteiger partial charge in [0.05, 0.1) is 12.0 Å². The van der Waals surface area contributed by atoms with Gasteiger partial charge in [0.15, 0.2) is 0 Å². The number of nitrogens with zero attached hydrogens (tertiary/aromatic N) is 1. The molecular weight excluding hydrogens is 324 g/mol. The van der Waals surface area contributed by atoms with Crippen molar-refractivity contribution in [3.8, 4) is 0 Å². The van der Waals surface area contributed by atoms with Gasteiger partial charge >= 0.3 is 0 Å². The summed E-state index contributed by atoms with van der Waals surface area (Å²) in [6.45, 7) is 8.46. The molecule has 1 aliphatic carbocycles. The standard InChI is InChI=1S/C22H26N2O2/c1-15(7-12-18-6-5-13-26-18)23-24-21(25)20-14-19(20)16-8-10-17(11-9-16)22(2,3)4/h5-13,19-20H,14H2,1-4H3,(H,24,25)/b12-7+,23-15-. The summed E-state index contributed by atoms with van der Waals surface area (Å²) in [5.41, 5.74) is 6.09. The van der Waals surface area contributed by atoms with Crippen LogP contribution in [0, 0.1) is 5.92 Å². The molecule has 0 spiro atoms. The lowest BCUT2D eigenvalue weighted by Crippen LogP contribution is -2.21. The molecule has 1 heterocycles. The van der Waals surface area contributed by atoms with E-state index in [4.69, 9.17) is 4.42 Å². The molecule has 0 saturated heterocycles. The van der Waals surface area contributed by atoms with Crippen molar-refractivity contribution in [1.82, 2.24) is 5.43 Å². The first-order chi connectivity index (χ1) is 12.3. The molecule has 136 valence electrons. The third kappa shape index (κ3) is 4.51. The number of amides is 1. The molecular formula is C22H26N2O2. The number of benzene rings is 1. The number of carbonyl (C=O) groups excluding carboxylic acids is 1. The average Bonchev–Trinajstić information content (AvgIpc) is 3.24. The van der Waals surface area contributed by atoms with Crippen LogP contribution in [0.4, 0.5) is 0 Å². The van der Waals surface area contributed by atoms with E-state index in [0.29, 0.717) is 5.92 Å². The quantitative estimate of drug-likeness (QED) is 0.617. The average molecular weight is 350 g/mol. The Kier molecular flexibility index (Phi) is 5.12. The first-order valence-corrected chi connectivity index (χ1v) is 9.01. The lowest BCUT2D eigenvalue weighted by molar-refractivity contribution is -0.122. The van der Waals surface area contributed by atoms with Crippen LogP contribution in [0.1, 0.15) is 56.9 Å². The number of hydrogen-bond acceptors (Lipinski definition) is 3. The van der Waals surface area contributed by atoms with E-state index in [2.05, 4.69) is 55.6 Å². The van der Waals surface area contributed by atoms with Crippen molar-refractivity contribution >= 4 is 17.7 Å². The van der Waals surface area contributed by atoms with E-state index < -0.39 is 0 Å². The third-order valence-electron chi connectivity index (χ3n) is 4.71. The van der Waals surface area contributed by atoms with E-state index in [1.165, 1.54) is 11.1 Å². The monoisotopic (exact) mass is 350 g/mol. The Morgan fingerprint density at radius 2 is 1.96 bits per heavy atom. The zero-order valence-corrected chi connectivity index (χ0v) is 15.8. The smallest absolute Gasteiger partial charge is 0.243 e. The summed E-state index contributed by atoms with van der Waals surface area (Å²) in [6.07, 6.45) is 6.14. The van der Waals surface area contributed by atoms with Gasteiger partial charge in [-0.15, -0.1) is 0 Å². The fourth-order valence-corrected chi connectivity index (χ4v) is 2.94. The van der Waals surface area contributed by atoms with Gasteiger partial charge < -0.3 is 4.42 Å². The highest BCUT2D eigenvalue weighted by Crippen LogP contribution is 2.47. The maximum absolute atomic E-state index is 12.3. The van der Waals surface area contributed by atoms with Crippen LogP contribution in [0.25, 0.3) is 6.08 Å². The van der Waals surface area contributed by atoms with Gasteiger partial charge in [-0.05, 0) is 60.1 Å². The van der Waals surface area contributed by atoms with Crippen LogP contribution < -0.4 is 5.43 Å². The highest BCUT2D eigenvalue weighted by Gasteiger charge is 2.44. The summed E-state index contributed by atoms with van der Waals surface area (Å²) < 4.78 is 5.22. The summed E-state index contributed by atoms with van der Waals surface area (Å²) in [6, 6.07) is 12.3. The number of carbonyl (C=O) groups is 1. The molecule has 3 rings (SSSR count). The largest absolute Gasteiger partial charge is 0.465 e. The van der Waals surface area contributed by atoms with Crippen LogP contribution >= 0.6 is 0 Å². The number of hydrazone groups is 1. The van der Waals surface area contributed by atoms with Crippen LogP contribution in [0.15, 0.2) is 58.3 Å². The van der Waals surface area contributed by atoms with E-state index in [0.717, 1.165) is 17.9 Å². The molecule has 1 aliphatic rings. The second kappa shape index (κ2) is 7.32. The molecule has 26 heavy (non-hydrogen) atoms. The number of nitrogens with one attached hydrogen (secondary N) is 1. The summed E-state index contributed by atoms with van der Waals surface area (Å²) >= 11 is 0. The van der Waals surface area contributed by atoms with Gasteiger partial charge in [0.25, 0.3) is 0 Å². The normalized spacial score (nSPS) is 20.4. The van der Waals surface area contributed by atoms with Crippen molar-refractivity contribution in [3.63, 3.8) is 0 Å². The third-order valence-corrected chi connectivity index (χ3v) is 4.71. The zero-order valence-electron chi connectivity index (χ0n) is 15.8. The molecule has 0 radical (unpaired) electrons. The lowest BCUT2D eigenvalue weighted by atomic mass is 9.86. The summed E-state index contributed by atoms with van der Waals surface area (Å²) in [5.74, 6) is 1.06. The molecule has 0 bridgehead atoms. The molecule has 2 atom stereocenters. The van der Waals surface area contributed by atoms with Crippen molar-refractivity contribution in [1.29, 1.82) is 0 Å². The Hall–Kier alpha value is -2.62. The maximum atomic E-state index is 12.3. The van der Waals surface area contributed by atoms with Crippen molar-refractivity contribution in [2.75, 3.05) is 0 Å². The van der Waals surface area contributed by atoms with Crippen molar-refractivity contribution < 1.29 is 9.21 Å². The molecule has 2 unspecified atom stereocenters. The SMILES string of the molecule is CC(/C=C/c1ccco1)=N/NC(=O)C1CC1c1ccc(C(C)(C)C)cc1. The Morgan fingerprint density at radius 3 is 2.58 bits per heavy atom. The predicted molar refractivity (Wildman–Crippen MR) is 105 cm³/mol. The Bertz CT molecular complexity index is 809. The van der Waals surface area contributed by atoms with E-state index in [1.807, 2.05) is 31.2 Å². The van der Waals surface area contributed by atoms with Gasteiger partial charge in [-0.1, -0.05) is 45.0 Å². The minimum absolute atomic E-state index is 0.0133. The Balaban J connectivity index is 1.53. The minimum Gasteiger partial charge on any atom is -0.465 e. The van der Waals surface area contributed by atoms with Crippen molar-refractivity contribution in [2.24, 2.45) is 11.0 Å². The van der Waals surface area contributed by atoms with Crippen molar-refractivity contribution in [3.05, 3.63) is 65.6 Å². The van der Waals surface area contributed by atoms with Crippen LogP contribution in [0.5, 0.6) is 0 Å².